The Labute approximate surface area is 194 Å². The fourth-order valence-corrected chi connectivity index (χ4v) is 4.13. The fourth-order valence-electron chi connectivity index (χ4n) is 4.13. The van der Waals surface area contributed by atoms with Crippen LogP contribution in [-0.2, 0) is 5.41 Å². The quantitative estimate of drug-likeness (QED) is 0.318. The number of fused-ring (bicyclic) bond motifs is 3. The summed E-state index contributed by atoms with van der Waals surface area (Å²) in [5.74, 6) is 1.40. The topological polar surface area (TPSA) is 46.3 Å². The number of benzene rings is 3. The van der Waals surface area contributed by atoms with Gasteiger partial charge in [0, 0.05) is 18.1 Å². The van der Waals surface area contributed by atoms with Gasteiger partial charge in [-0.1, -0.05) is 75.9 Å². The highest BCUT2D eigenvalue weighted by Gasteiger charge is 2.16. The van der Waals surface area contributed by atoms with Crippen molar-refractivity contribution in [2.24, 2.45) is 0 Å². The second kappa shape index (κ2) is 7.85. The standard InChI is InChI=1S/C28H27N5/c1-6-19-10-15-24-25(16-19)33-18-29-31-27(33)30-26(24)32(5)23-9-7-8-21(17-23)20-11-13-22(14-12-20)28(2,3)4/h6-18H,1H2,2-5H3. The van der Waals surface area contributed by atoms with Crippen molar-refractivity contribution in [2.45, 2.75) is 26.2 Å². The average molecular weight is 434 g/mol. The molecule has 0 unspecified atom stereocenters. The van der Waals surface area contributed by atoms with Crippen LogP contribution in [0.4, 0.5) is 11.5 Å². The van der Waals surface area contributed by atoms with Crippen molar-refractivity contribution in [1.29, 1.82) is 0 Å². The summed E-state index contributed by atoms with van der Waals surface area (Å²) in [5.41, 5.74) is 6.92. The van der Waals surface area contributed by atoms with Crippen molar-refractivity contribution in [3.05, 3.63) is 90.8 Å². The van der Waals surface area contributed by atoms with Crippen molar-refractivity contribution in [2.75, 3.05) is 11.9 Å². The normalized spacial score (nSPS) is 11.8. The average Bonchev–Trinajstić information content (AvgIpc) is 3.31. The zero-order valence-corrected chi connectivity index (χ0v) is 19.4. The van der Waals surface area contributed by atoms with Crippen LogP contribution < -0.4 is 4.90 Å². The second-order valence-corrected chi connectivity index (χ2v) is 9.35. The SMILES string of the molecule is C=Cc1ccc2c(N(C)c3cccc(-c4ccc(C(C)(C)C)cc4)c3)nc3nncn3c2c1. The fraction of sp³-hybridized carbons (Fsp3) is 0.179. The van der Waals surface area contributed by atoms with E-state index in [1.54, 1.807) is 6.33 Å². The third-order valence-corrected chi connectivity index (χ3v) is 6.13. The van der Waals surface area contributed by atoms with Crippen molar-refractivity contribution in [1.82, 2.24) is 19.6 Å². The number of anilines is 2. The maximum absolute atomic E-state index is 4.83. The second-order valence-electron chi connectivity index (χ2n) is 9.35. The molecule has 0 aliphatic rings. The molecule has 0 atom stereocenters. The van der Waals surface area contributed by atoms with Crippen LogP contribution in [0.2, 0.25) is 0 Å². The number of hydrogen-bond acceptors (Lipinski definition) is 4. The first-order valence-corrected chi connectivity index (χ1v) is 11.1. The van der Waals surface area contributed by atoms with E-state index in [2.05, 4.69) is 109 Å². The highest BCUT2D eigenvalue weighted by molar-refractivity contribution is 5.94. The van der Waals surface area contributed by atoms with Gasteiger partial charge in [-0.05, 0) is 51.9 Å². The summed E-state index contributed by atoms with van der Waals surface area (Å²) < 4.78 is 1.91. The molecule has 0 aliphatic carbocycles. The Balaban J connectivity index is 1.59. The molecule has 0 aliphatic heterocycles. The van der Waals surface area contributed by atoms with E-state index < -0.39 is 0 Å². The molecule has 0 amide bonds. The summed E-state index contributed by atoms with van der Waals surface area (Å²) in [4.78, 5) is 6.93. The van der Waals surface area contributed by atoms with E-state index in [-0.39, 0.29) is 5.41 Å². The molecule has 5 nitrogen and oxygen atoms in total. The van der Waals surface area contributed by atoms with Gasteiger partial charge in [-0.25, -0.2) is 0 Å². The molecule has 0 bridgehead atoms. The van der Waals surface area contributed by atoms with Crippen molar-refractivity contribution < 1.29 is 0 Å². The zero-order valence-electron chi connectivity index (χ0n) is 19.4. The van der Waals surface area contributed by atoms with Crippen LogP contribution in [0.5, 0.6) is 0 Å². The van der Waals surface area contributed by atoms with Crippen LogP contribution in [-0.4, -0.2) is 26.6 Å². The molecule has 5 heteroatoms. The molecule has 164 valence electrons. The van der Waals surface area contributed by atoms with Crippen LogP contribution in [0, 0.1) is 0 Å². The molecule has 2 aromatic heterocycles. The summed E-state index contributed by atoms with van der Waals surface area (Å²) in [6.07, 6.45) is 3.54. The van der Waals surface area contributed by atoms with E-state index in [4.69, 9.17) is 4.98 Å². The Kier molecular flexibility index (Phi) is 4.97. The molecule has 2 heterocycles. The summed E-state index contributed by atoms with van der Waals surface area (Å²) in [5, 5.41) is 9.29. The summed E-state index contributed by atoms with van der Waals surface area (Å²) in [6.45, 7) is 10.6. The van der Waals surface area contributed by atoms with Gasteiger partial charge < -0.3 is 4.90 Å². The Morgan fingerprint density at radius 2 is 1.73 bits per heavy atom. The third kappa shape index (κ3) is 3.76. The minimum absolute atomic E-state index is 0.138. The number of aromatic nitrogens is 4. The highest BCUT2D eigenvalue weighted by atomic mass is 15.3. The van der Waals surface area contributed by atoms with E-state index in [1.165, 1.54) is 16.7 Å². The molecular formula is C28H27N5. The van der Waals surface area contributed by atoms with Gasteiger partial charge in [-0.15, -0.1) is 10.2 Å². The monoisotopic (exact) mass is 433 g/mol. The van der Waals surface area contributed by atoms with E-state index in [0.29, 0.717) is 5.78 Å². The van der Waals surface area contributed by atoms with Gasteiger partial charge in [0.05, 0.1) is 5.52 Å². The molecule has 0 saturated heterocycles. The number of rotatable bonds is 4. The first-order chi connectivity index (χ1) is 15.8. The number of hydrogen-bond donors (Lipinski definition) is 0. The summed E-state index contributed by atoms with van der Waals surface area (Å²) in [6, 6.07) is 23.6. The van der Waals surface area contributed by atoms with Gasteiger partial charge in [-0.3, -0.25) is 4.40 Å². The van der Waals surface area contributed by atoms with Crippen LogP contribution in [0.15, 0.2) is 79.6 Å². The van der Waals surface area contributed by atoms with Crippen LogP contribution in [0.3, 0.4) is 0 Å². The minimum Gasteiger partial charge on any atom is -0.329 e. The maximum Gasteiger partial charge on any atom is 0.257 e. The molecular weight excluding hydrogens is 406 g/mol. The third-order valence-electron chi connectivity index (χ3n) is 6.13. The van der Waals surface area contributed by atoms with Crippen molar-refractivity contribution in [3.8, 4) is 11.1 Å². The van der Waals surface area contributed by atoms with Gasteiger partial charge in [0.2, 0.25) is 0 Å². The van der Waals surface area contributed by atoms with E-state index >= 15 is 0 Å². The predicted octanol–water partition coefficient (Wildman–Crippen LogP) is 6.65. The summed E-state index contributed by atoms with van der Waals surface area (Å²) in [7, 11) is 2.04. The van der Waals surface area contributed by atoms with Gasteiger partial charge in [0.15, 0.2) is 0 Å². The molecule has 5 aromatic rings. The summed E-state index contributed by atoms with van der Waals surface area (Å²) >= 11 is 0. The Bertz CT molecular complexity index is 1470. The van der Waals surface area contributed by atoms with Gasteiger partial charge >= 0.3 is 0 Å². The van der Waals surface area contributed by atoms with Crippen LogP contribution >= 0.6 is 0 Å². The lowest BCUT2D eigenvalue weighted by Crippen LogP contribution is -2.13. The lowest BCUT2D eigenvalue weighted by atomic mass is 9.86. The predicted molar refractivity (Wildman–Crippen MR) is 137 cm³/mol. The number of nitrogens with zero attached hydrogens (tertiary/aromatic N) is 5. The van der Waals surface area contributed by atoms with Crippen LogP contribution in [0.1, 0.15) is 31.9 Å². The zero-order chi connectivity index (χ0) is 23.2. The Hall–Kier alpha value is -3.99. The van der Waals surface area contributed by atoms with E-state index in [1.807, 2.05) is 17.5 Å². The van der Waals surface area contributed by atoms with Crippen molar-refractivity contribution in [3.63, 3.8) is 0 Å². The van der Waals surface area contributed by atoms with Gasteiger partial charge in [0.1, 0.15) is 12.1 Å². The maximum atomic E-state index is 4.83. The lowest BCUT2D eigenvalue weighted by molar-refractivity contribution is 0.590. The molecule has 0 N–H and O–H groups in total. The molecule has 3 aromatic carbocycles. The van der Waals surface area contributed by atoms with Gasteiger partial charge in [0.25, 0.3) is 5.78 Å². The Morgan fingerprint density at radius 3 is 2.45 bits per heavy atom. The molecule has 33 heavy (non-hydrogen) atoms. The first-order valence-electron chi connectivity index (χ1n) is 11.1. The Morgan fingerprint density at radius 1 is 0.939 bits per heavy atom. The largest absolute Gasteiger partial charge is 0.329 e. The molecule has 0 saturated carbocycles. The minimum atomic E-state index is 0.138. The van der Waals surface area contributed by atoms with Gasteiger partial charge in [-0.2, -0.15) is 4.98 Å². The highest BCUT2D eigenvalue weighted by Crippen LogP contribution is 2.33. The van der Waals surface area contributed by atoms with Crippen LogP contribution in [0.25, 0.3) is 33.9 Å². The van der Waals surface area contributed by atoms with Crippen molar-refractivity contribution >= 4 is 34.3 Å². The molecule has 0 radical (unpaired) electrons. The molecule has 0 spiro atoms. The first kappa shape index (κ1) is 20.9. The van der Waals surface area contributed by atoms with E-state index in [9.17, 15) is 0 Å². The molecule has 5 rings (SSSR count). The smallest absolute Gasteiger partial charge is 0.257 e. The molecule has 0 fully saturated rings. The lowest BCUT2D eigenvalue weighted by Gasteiger charge is -2.22. The van der Waals surface area contributed by atoms with E-state index in [0.717, 1.165) is 28.0 Å².